The summed E-state index contributed by atoms with van der Waals surface area (Å²) >= 11 is 3.53. The van der Waals surface area contributed by atoms with Crippen LogP contribution in [0.5, 0.6) is 11.5 Å². The quantitative estimate of drug-likeness (QED) is 0.260. The minimum absolute atomic E-state index is 0.0232. The Morgan fingerprint density at radius 2 is 1.63 bits per heavy atom. The summed E-state index contributed by atoms with van der Waals surface area (Å²) in [6.45, 7) is 3.41. The van der Waals surface area contributed by atoms with Gasteiger partial charge in [-0.15, -0.1) is 0 Å². The van der Waals surface area contributed by atoms with Gasteiger partial charge in [0.05, 0.1) is 24.6 Å². The van der Waals surface area contributed by atoms with Crippen LogP contribution in [0.3, 0.4) is 0 Å². The SMILES string of the molecule is COc1cc2c(-c3cccc(Br)c3)c(CCC(C)=O)n(S(=O)(=O)c3ccc(C)cc3)c2cc1OC. The van der Waals surface area contributed by atoms with Gasteiger partial charge in [-0.05, 0) is 56.2 Å². The zero-order valence-corrected chi connectivity index (χ0v) is 22.4. The van der Waals surface area contributed by atoms with Crippen LogP contribution in [0.15, 0.2) is 70.0 Å². The third-order valence-corrected chi connectivity index (χ3v) is 8.17. The summed E-state index contributed by atoms with van der Waals surface area (Å²) in [6, 6.07) is 17.9. The topological polar surface area (TPSA) is 74.6 Å². The van der Waals surface area contributed by atoms with E-state index in [1.165, 1.54) is 18.0 Å². The Hall–Kier alpha value is -3.10. The minimum atomic E-state index is -4.01. The fraction of sp³-hybridized carbons (Fsp3) is 0.222. The van der Waals surface area contributed by atoms with Crippen molar-refractivity contribution in [2.24, 2.45) is 0 Å². The summed E-state index contributed by atoms with van der Waals surface area (Å²) in [4.78, 5) is 12.2. The molecular formula is C27H26BrNO5S. The van der Waals surface area contributed by atoms with Gasteiger partial charge in [-0.3, -0.25) is 0 Å². The summed E-state index contributed by atoms with van der Waals surface area (Å²) in [6.07, 6.45) is 0.455. The number of aryl methyl sites for hydroxylation is 1. The normalized spacial score (nSPS) is 11.6. The highest BCUT2D eigenvalue weighted by molar-refractivity contribution is 9.10. The summed E-state index contributed by atoms with van der Waals surface area (Å²) in [5.41, 5.74) is 3.51. The van der Waals surface area contributed by atoms with Crippen molar-refractivity contribution >= 4 is 42.6 Å². The van der Waals surface area contributed by atoms with Crippen molar-refractivity contribution < 1.29 is 22.7 Å². The van der Waals surface area contributed by atoms with Gasteiger partial charge in [0, 0.05) is 33.6 Å². The highest BCUT2D eigenvalue weighted by Crippen LogP contribution is 2.43. The minimum Gasteiger partial charge on any atom is -0.493 e. The highest BCUT2D eigenvalue weighted by atomic mass is 79.9. The molecule has 4 aromatic rings. The molecule has 0 fully saturated rings. The molecular weight excluding hydrogens is 530 g/mol. The molecule has 0 aliphatic heterocycles. The van der Waals surface area contributed by atoms with E-state index in [0.29, 0.717) is 28.1 Å². The van der Waals surface area contributed by atoms with Gasteiger partial charge in [-0.2, -0.15) is 0 Å². The van der Waals surface area contributed by atoms with Crippen LogP contribution in [0.2, 0.25) is 0 Å². The number of hydrogen-bond acceptors (Lipinski definition) is 5. The van der Waals surface area contributed by atoms with Gasteiger partial charge in [0.15, 0.2) is 11.5 Å². The number of hydrogen-bond donors (Lipinski definition) is 0. The number of rotatable bonds is 8. The fourth-order valence-corrected chi connectivity index (χ4v) is 6.19. The number of aromatic nitrogens is 1. The summed E-state index contributed by atoms with van der Waals surface area (Å²) < 4.78 is 41.4. The number of nitrogens with zero attached hydrogens (tertiary/aromatic N) is 1. The number of halogens is 1. The molecule has 0 saturated carbocycles. The molecule has 0 aliphatic rings. The maximum absolute atomic E-state index is 14.1. The lowest BCUT2D eigenvalue weighted by atomic mass is 9.99. The number of fused-ring (bicyclic) bond motifs is 1. The average Bonchev–Trinajstić information content (AvgIpc) is 3.15. The number of carbonyl (C=O) groups is 1. The van der Waals surface area contributed by atoms with E-state index in [9.17, 15) is 13.2 Å². The number of benzene rings is 3. The van der Waals surface area contributed by atoms with Crippen molar-refractivity contribution in [3.05, 3.63) is 76.4 Å². The van der Waals surface area contributed by atoms with Crippen LogP contribution in [0.25, 0.3) is 22.0 Å². The molecule has 0 aliphatic carbocycles. The van der Waals surface area contributed by atoms with Crippen molar-refractivity contribution in [3.8, 4) is 22.6 Å². The van der Waals surface area contributed by atoms with Gasteiger partial charge in [0.1, 0.15) is 5.78 Å². The lowest BCUT2D eigenvalue weighted by molar-refractivity contribution is -0.117. The molecule has 0 amide bonds. The summed E-state index contributed by atoms with van der Waals surface area (Å²) in [7, 11) is -0.953. The third-order valence-electron chi connectivity index (χ3n) is 5.91. The first kappa shape index (κ1) is 25.0. The molecule has 0 N–H and O–H groups in total. The maximum Gasteiger partial charge on any atom is 0.268 e. The van der Waals surface area contributed by atoms with Gasteiger partial charge in [0.2, 0.25) is 0 Å². The average molecular weight is 556 g/mol. The second kappa shape index (κ2) is 9.87. The van der Waals surface area contributed by atoms with E-state index in [0.717, 1.165) is 21.2 Å². The van der Waals surface area contributed by atoms with Crippen molar-refractivity contribution in [3.63, 3.8) is 0 Å². The number of ether oxygens (including phenoxy) is 2. The first-order valence-electron chi connectivity index (χ1n) is 11.0. The number of carbonyl (C=O) groups excluding carboxylic acids is 1. The zero-order chi connectivity index (χ0) is 25.3. The van der Waals surface area contributed by atoms with Crippen LogP contribution in [-0.4, -0.2) is 32.4 Å². The van der Waals surface area contributed by atoms with E-state index in [2.05, 4.69) is 15.9 Å². The van der Waals surface area contributed by atoms with Gasteiger partial charge in [-0.25, -0.2) is 12.4 Å². The van der Waals surface area contributed by atoms with Gasteiger partial charge < -0.3 is 14.3 Å². The van der Waals surface area contributed by atoms with Gasteiger partial charge in [-0.1, -0.05) is 45.8 Å². The molecule has 0 saturated heterocycles. The monoisotopic (exact) mass is 555 g/mol. The molecule has 182 valence electrons. The van der Waals surface area contributed by atoms with Crippen LogP contribution in [-0.2, 0) is 21.2 Å². The van der Waals surface area contributed by atoms with Crippen molar-refractivity contribution in [1.29, 1.82) is 0 Å². The van der Waals surface area contributed by atoms with E-state index in [4.69, 9.17) is 9.47 Å². The van der Waals surface area contributed by atoms with Crippen LogP contribution in [0, 0.1) is 6.92 Å². The molecule has 1 aromatic heterocycles. The Balaban J connectivity index is 2.17. The molecule has 35 heavy (non-hydrogen) atoms. The zero-order valence-electron chi connectivity index (χ0n) is 20.0. The van der Waals surface area contributed by atoms with Crippen LogP contribution in [0.4, 0.5) is 0 Å². The standard InChI is InChI=1S/C27H26BrNO5S/c1-17-8-11-21(12-9-17)35(31,32)29-23(13-10-18(2)30)27(19-6-5-7-20(28)14-19)22-15-25(33-3)26(34-4)16-24(22)29/h5-9,11-12,14-16H,10,13H2,1-4H3. The Labute approximate surface area is 213 Å². The van der Waals surface area contributed by atoms with Crippen LogP contribution >= 0.6 is 15.9 Å². The van der Waals surface area contributed by atoms with E-state index in [1.54, 1.807) is 43.5 Å². The van der Waals surface area contributed by atoms with Crippen molar-refractivity contribution in [2.45, 2.75) is 31.6 Å². The van der Waals surface area contributed by atoms with E-state index in [1.807, 2.05) is 31.2 Å². The summed E-state index contributed by atoms with van der Waals surface area (Å²) in [5.74, 6) is 0.876. The third kappa shape index (κ3) is 4.73. The Kier molecular flexibility index (Phi) is 7.05. The Morgan fingerprint density at radius 3 is 2.23 bits per heavy atom. The lowest BCUT2D eigenvalue weighted by Crippen LogP contribution is -2.16. The van der Waals surface area contributed by atoms with E-state index >= 15 is 0 Å². The van der Waals surface area contributed by atoms with Crippen molar-refractivity contribution in [1.82, 2.24) is 3.97 Å². The molecule has 0 radical (unpaired) electrons. The van der Waals surface area contributed by atoms with Crippen molar-refractivity contribution in [2.75, 3.05) is 14.2 Å². The smallest absolute Gasteiger partial charge is 0.268 e. The predicted octanol–water partition coefficient (Wildman–Crippen LogP) is 6.16. The van der Waals surface area contributed by atoms with E-state index < -0.39 is 10.0 Å². The number of methoxy groups -OCH3 is 2. The number of ketones is 1. The first-order chi connectivity index (χ1) is 16.7. The molecule has 0 unspecified atom stereocenters. The first-order valence-corrected chi connectivity index (χ1v) is 13.3. The Bertz CT molecular complexity index is 1520. The van der Waals surface area contributed by atoms with Crippen LogP contribution < -0.4 is 9.47 Å². The lowest BCUT2D eigenvalue weighted by Gasteiger charge is -2.14. The second-order valence-electron chi connectivity index (χ2n) is 8.34. The van der Waals surface area contributed by atoms with Gasteiger partial charge >= 0.3 is 0 Å². The molecule has 0 spiro atoms. The molecule has 0 atom stereocenters. The van der Waals surface area contributed by atoms with Crippen LogP contribution in [0.1, 0.15) is 24.6 Å². The molecule has 6 nitrogen and oxygen atoms in total. The Morgan fingerprint density at radius 1 is 0.971 bits per heavy atom. The fourth-order valence-electron chi connectivity index (χ4n) is 4.22. The maximum atomic E-state index is 14.1. The van der Waals surface area contributed by atoms with E-state index in [-0.39, 0.29) is 23.5 Å². The largest absolute Gasteiger partial charge is 0.493 e. The number of Topliss-reactive ketones (excluding diaryl/α,β-unsaturated/α-hetero) is 1. The van der Waals surface area contributed by atoms with Gasteiger partial charge in [0.25, 0.3) is 10.0 Å². The molecule has 1 heterocycles. The molecule has 4 rings (SSSR count). The summed E-state index contributed by atoms with van der Waals surface area (Å²) in [5, 5.41) is 0.690. The second-order valence-corrected chi connectivity index (χ2v) is 11.0. The predicted molar refractivity (Wildman–Crippen MR) is 141 cm³/mol. The highest BCUT2D eigenvalue weighted by Gasteiger charge is 2.29. The molecule has 8 heteroatoms. The molecule has 0 bridgehead atoms. The molecule has 3 aromatic carbocycles.